The average molecular weight is 230 g/mol. The Morgan fingerprint density at radius 1 is 1.12 bits per heavy atom. The molecule has 0 radical (unpaired) electrons. The lowest BCUT2D eigenvalue weighted by Gasteiger charge is -2.33. The van der Waals surface area contributed by atoms with Gasteiger partial charge < -0.3 is 4.74 Å². The van der Waals surface area contributed by atoms with E-state index in [1.807, 2.05) is 0 Å². The molecule has 0 aromatic heterocycles. The van der Waals surface area contributed by atoms with Gasteiger partial charge in [0.15, 0.2) is 0 Å². The summed E-state index contributed by atoms with van der Waals surface area (Å²) in [6.07, 6.45) is -2.36. The van der Waals surface area contributed by atoms with Gasteiger partial charge in [0.05, 0.1) is 0 Å². The van der Waals surface area contributed by atoms with Crippen molar-refractivity contribution in [2.45, 2.75) is 32.0 Å². The van der Waals surface area contributed by atoms with E-state index in [2.05, 4.69) is 11.7 Å². The van der Waals surface area contributed by atoms with Crippen LogP contribution in [0.1, 0.15) is 31.2 Å². The molecule has 88 valence electrons. The third-order valence-corrected chi connectivity index (χ3v) is 2.96. The van der Waals surface area contributed by atoms with Crippen molar-refractivity contribution in [1.29, 1.82) is 0 Å². The van der Waals surface area contributed by atoms with Gasteiger partial charge in [-0.25, -0.2) is 0 Å². The molecule has 0 heterocycles. The third-order valence-electron chi connectivity index (χ3n) is 2.96. The molecule has 0 spiro atoms. The van der Waals surface area contributed by atoms with Crippen LogP contribution in [-0.4, -0.2) is 6.36 Å². The maximum atomic E-state index is 11.9. The van der Waals surface area contributed by atoms with Crippen molar-refractivity contribution in [2.75, 3.05) is 0 Å². The van der Waals surface area contributed by atoms with Crippen molar-refractivity contribution in [3.8, 4) is 5.75 Å². The largest absolute Gasteiger partial charge is 0.573 e. The summed E-state index contributed by atoms with van der Waals surface area (Å²) < 4.78 is 39.5. The van der Waals surface area contributed by atoms with Crippen molar-refractivity contribution < 1.29 is 17.9 Å². The first-order valence-electron chi connectivity index (χ1n) is 5.30. The summed E-state index contributed by atoms with van der Waals surface area (Å²) in [6, 6.07) is 6.20. The van der Waals surface area contributed by atoms with Gasteiger partial charge in [-0.05, 0) is 42.4 Å². The topological polar surface area (TPSA) is 9.23 Å². The number of benzene rings is 1. The molecule has 16 heavy (non-hydrogen) atoms. The lowest BCUT2D eigenvalue weighted by molar-refractivity contribution is -0.274. The van der Waals surface area contributed by atoms with Crippen LogP contribution in [-0.2, 0) is 0 Å². The third kappa shape index (κ3) is 2.68. The van der Waals surface area contributed by atoms with E-state index < -0.39 is 6.36 Å². The summed E-state index contributed by atoms with van der Waals surface area (Å²) in [6.45, 7) is 2.18. The summed E-state index contributed by atoms with van der Waals surface area (Å²) in [5.74, 6) is 1.09. The molecule has 4 heteroatoms. The molecule has 1 nitrogen and oxygen atoms in total. The van der Waals surface area contributed by atoms with Crippen molar-refractivity contribution in [2.24, 2.45) is 5.92 Å². The van der Waals surface area contributed by atoms with E-state index in [1.54, 1.807) is 12.1 Å². The van der Waals surface area contributed by atoms with E-state index in [9.17, 15) is 13.2 Å². The fraction of sp³-hybridized carbons (Fsp3) is 0.500. The van der Waals surface area contributed by atoms with Crippen molar-refractivity contribution in [3.63, 3.8) is 0 Å². The second-order valence-electron chi connectivity index (χ2n) is 4.39. The molecule has 2 rings (SSSR count). The van der Waals surface area contributed by atoms with Crippen molar-refractivity contribution in [1.82, 2.24) is 0 Å². The van der Waals surface area contributed by atoms with Gasteiger partial charge in [0.1, 0.15) is 5.75 Å². The van der Waals surface area contributed by atoms with Crippen LogP contribution in [0.5, 0.6) is 5.75 Å². The minimum Gasteiger partial charge on any atom is -0.406 e. The molecule has 1 aromatic rings. The maximum absolute atomic E-state index is 11.9. The highest BCUT2D eigenvalue weighted by atomic mass is 19.4. The first kappa shape index (κ1) is 11.3. The number of rotatable bonds is 2. The summed E-state index contributed by atoms with van der Waals surface area (Å²) in [7, 11) is 0. The zero-order valence-corrected chi connectivity index (χ0v) is 8.92. The number of alkyl halides is 3. The Morgan fingerprint density at radius 3 is 2.12 bits per heavy atom. The lowest BCUT2D eigenvalue weighted by Crippen LogP contribution is -2.19. The van der Waals surface area contributed by atoms with E-state index >= 15 is 0 Å². The maximum Gasteiger partial charge on any atom is 0.573 e. The van der Waals surface area contributed by atoms with E-state index in [0.717, 1.165) is 24.3 Å². The number of hydrogen-bond acceptors (Lipinski definition) is 1. The normalized spacial score (nSPS) is 25.0. The molecule has 0 bridgehead atoms. The zero-order valence-electron chi connectivity index (χ0n) is 8.92. The van der Waals surface area contributed by atoms with Crippen LogP contribution >= 0.6 is 0 Å². The molecule has 1 aliphatic carbocycles. The number of ether oxygens (including phenoxy) is 1. The molecular weight excluding hydrogens is 217 g/mol. The number of hydrogen-bond donors (Lipinski definition) is 0. The quantitative estimate of drug-likeness (QED) is 0.743. The minimum absolute atomic E-state index is 0.149. The second kappa shape index (κ2) is 4.00. The smallest absolute Gasteiger partial charge is 0.406 e. The first-order valence-corrected chi connectivity index (χ1v) is 5.30. The Balaban J connectivity index is 2.00. The highest BCUT2D eigenvalue weighted by Gasteiger charge is 2.31. The van der Waals surface area contributed by atoms with Crippen LogP contribution in [0.25, 0.3) is 0 Å². The molecule has 0 aliphatic heterocycles. The standard InChI is InChI=1S/C12H13F3O/c1-8-6-10(7-8)9-2-4-11(5-3-9)16-12(13,14)15/h2-5,8,10H,6-7H2,1H3. The zero-order chi connectivity index (χ0) is 11.8. The Bertz CT molecular complexity index is 350. The van der Waals surface area contributed by atoms with Gasteiger partial charge in [0.2, 0.25) is 0 Å². The van der Waals surface area contributed by atoms with E-state index in [4.69, 9.17) is 0 Å². The highest BCUT2D eigenvalue weighted by molar-refractivity contribution is 5.30. The van der Waals surface area contributed by atoms with Gasteiger partial charge in [0.25, 0.3) is 0 Å². The summed E-state index contributed by atoms with van der Waals surface area (Å²) in [5.41, 5.74) is 1.10. The molecule has 0 unspecified atom stereocenters. The summed E-state index contributed by atoms with van der Waals surface area (Å²) >= 11 is 0. The van der Waals surface area contributed by atoms with Crippen molar-refractivity contribution in [3.05, 3.63) is 29.8 Å². The van der Waals surface area contributed by atoms with Crippen LogP contribution in [0.4, 0.5) is 13.2 Å². The average Bonchev–Trinajstić information content (AvgIpc) is 2.12. The predicted molar refractivity (Wildman–Crippen MR) is 54.3 cm³/mol. The monoisotopic (exact) mass is 230 g/mol. The molecule has 0 N–H and O–H groups in total. The van der Waals surface area contributed by atoms with Gasteiger partial charge in [-0.3, -0.25) is 0 Å². The van der Waals surface area contributed by atoms with E-state index in [-0.39, 0.29) is 5.75 Å². The molecule has 1 aromatic carbocycles. The fourth-order valence-corrected chi connectivity index (χ4v) is 2.12. The minimum atomic E-state index is -4.60. The van der Waals surface area contributed by atoms with Gasteiger partial charge in [-0.15, -0.1) is 13.2 Å². The fourth-order valence-electron chi connectivity index (χ4n) is 2.12. The molecule has 0 saturated heterocycles. The van der Waals surface area contributed by atoms with Crippen LogP contribution < -0.4 is 4.74 Å². The molecule has 0 atom stereocenters. The van der Waals surface area contributed by atoms with Crippen molar-refractivity contribution >= 4 is 0 Å². The van der Waals surface area contributed by atoms with E-state index in [1.165, 1.54) is 12.1 Å². The van der Waals surface area contributed by atoms with Gasteiger partial charge in [-0.1, -0.05) is 19.1 Å². The Labute approximate surface area is 92.2 Å². The highest BCUT2D eigenvalue weighted by Crippen LogP contribution is 2.41. The summed E-state index contributed by atoms with van der Waals surface area (Å²) in [5, 5.41) is 0. The van der Waals surface area contributed by atoms with Gasteiger partial charge in [-0.2, -0.15) is 0 Å². The SMILES string of the molecule is CC1CC(c2ccc(OC(F)(F)F)cc2)C1. The molecule has 1 aliphatic rings. The van der Waals surface area contributed by atoms with Crippen LogP contribution in [0.3, 0.4) is 0 Å². The predicted octanol–water partition coefficient (Wildman–Crippen LogP) is 4.10. The Kier molecular flexibility index (Phi) is 2.82. The van der Waals surface area contributed by atoms with E-state index in [0.29, 0.717) is 5.92 Å². The Hall–Kier alpha value is -1.19. The summed E-state index contributed by atoms with van der Waals surface area (Å²) in [4.78, 5) is 0. The first-order chi connectivity index (χ1) is 7.44. The molecular formula is C12H13F3O. The Morgan fingerprint density at radius 2 is 1.69 bits per heavy atom. The lowest BCUT2D eigenvalue weighted by atomic mass is 9.72. The molecule has 1 fully saturated rings. The van der Waals surface area contributed by atoms with Gasteiger partial charge in [0, 0.05) is 0 Å². The molecule has 0 amide bonds. The molecule has 1 saturated carbocycles. The van der Waals surface area contributed by atoms with Crippen LogP contribution in [0.15, 0.2) is 24.3 Å². The van der Waals surface area contributed by atoms with Gasteiger partial charge >= 0.3 is 6.36 Å². The second-order valence-corrected chi connectivity index (χ2v) is 4.39. The van der Waals surface area contributed by atoms with Crippen LogP contribution in [0, 0.1) is 5.92 Å². The van der Waals surface area contributed by atoms with Crippen LogP contribution in [0.2, 0.25) is 0 Å². The number of halogens is 3.